The number of aryl methyl sites for hydroxylation is 1. The van der Waals surface area contributed by atoms with Crippen LogP contribution in [0.3, 0.4) is 0 Å². The molecule has 1 aromatic heterocycles. The monoisotopic (exact) mass is 387 g/mol. The molecular formula is C21H29N3O2S. The number of nitrogens with zero attached hydrogens (tertiary/aromatic N) is 2. The first-order chi connectivity index (χ1) is 13.2. The van der Waals surface area contributed by atoms with Crippen molar-refractivity contribution in [2.45, 2.75) is 39.0 Å². The number of likely N-dealkylation sites (tertiary alicyclic amines) is 1. The average Bonchev–Trinajstić information content (AvgIpc) is 3.16. The molecule has 1 aliphatic heterocycles. The van der Waals surface area contributed by atoms with Crippen molar-refractivity contribution in [3.05, 3.63) is 45.9 Å². The number of rotatable bonds is 8. The topological polar surface area (TPSA) is 68.5 Å². The van der Waals surface area contributed by atoms with E-state index in [4.69, 9.17) is 10.5 Å². The number of hydrogen-bond acceptors (Lipinski definition) is 5. The van der Waals surface area contributed by atoms with Crippen LogP contribution in [0, 0.1) is 5.92 Å². The fourth-order valence-electron chi connectivity index (χ4n) is 3.52. The van der Waals surface area contributed by atoms with Crippen LogP contribution < -0.4 is 10.5 Å². The summed E-state index contributed by atoms with van der Waals surface area (Å²) in [7, 11) is 0. The fraction of sp³-hybridized carbons (Fsp3) is 0.524. The lowest BCUT2D eigenvalue weighted by atomic mass is 9.90. The molecule has 0 atom stereocenters. The first kappa shape index (κ1) is 19.8. The standard InChI is InChI=1S/C21H29N3O2S/c1-2-26-18-7-5-16(6-8-18)3-4-17-10-13-24(14-11-17)21(25)19-15-27-20(23-19)9-12-22/h5-8,15,17H,2-4,9-14,22H2,1H3. The number of benzene rings is 1. The number of ether oxygens (including phenoxy) is 1. The molecule has 1 fully saturated rings. The van der Waals surface area contributed by atoms with Gasteiger partial charge < -0.3 is 15.4 Å². The highest BCUT2D eigenvalue weighted by atomic mass is 32.1. The molecule has 6 heteroatoms. The number of carbonyl (C=O) groups is 1. The first-order valence-corrected chi connectivity index (χ1v) is 10.7. The molecule has 1 saturated heterocycles. The second-order valence-electron chi connectivity index (χ2n) is 7.02. The highest BCUT2D eigenvalue weighted by Crippen LogP contribution is 2.24. The minimum Gasteiger partial charge on any atom is -0.494 e. The molecule has 27 heavy (non-hydrogen) atoms. The maximum atomic E-state index is 12.6. The van der Waals surface area contributed by atoms with Crippen LogP contribution in [0.15, 0.2) is 29.6 Å². The Hall–Kier alpha value is -1.92. The van der Waals surface area contributed by atoms with Crippen molar-refractivity contribution in [3.8, 4) is 5.75 Å². The SMILES string of the molecule is CCOc1ccc(CCC2CCN(C(=O)c3csc(CCN)n3)CC2)cc1. The van der Waals surface area contributed by atoms with Gasteiger partial charge in [0.25, 0.3) is 5.91 Å². The lowest BCUT2D eigenvalue weighted by molar-refractivity contribution is 0.0681. The molecule has 0 radical (unpaired) electrons. The van der Waals surface area contributed by atoms with E-state index < -0.39 is 0 Å². The zero-order chi connectivity index (χ0) is 19.1. The number of carbonyl (C=O) groups excluding carboxylic acids is 1. The lowest BCUT2D eigenvalue weighted by Gasteiger charge is -2.31. The summed E-state index contributed by atoms with van der Waals surface area (Å²) in [5.41, 5.74) is 7.49. The highest BCUT2D eigenvalue weighted by Gasteiger charge is 2.24. The van der Waals surface area contributed by atoms with Crippen molar-refractivity contribution in [3.63, 3.8) is 0 Å². The Balaban J connectivity index is 1.43. The summed E-state index contributed by atoms with van der Waals surface area (Å²) in [5, 5.41) is 2.82. The summed E-state index contributed by atoms with van der Waals surface area (Å²) < 4.78 is 5.49. The van der Waals surface area contributed by atoms with Crippen molar-refractivity contribution in [1.82, 2.24) is 9.88 Å². The van der Waals surface area contributed by atoms with Gasteiger partial charge in [-0.05, 0) is 62.8 Å². The minimum atomic E-state index is 0.0690. The molecule has 0 bridgehead atoms. The molecule has 3 rings (SSSR count). The van der Waals surface area contributed by atoms with Crippen molar-refractivity contribution >= 4 is 17.2 Å². The largest absolute Gasteiger partial charge is 0.494 e. The van der Waals surface area contributed by atoms with Crippen molar-refractivity contribution in [1.29, 1.82) is 0 Å². The zero-order valence-electron chi connectivity index (χ0n) is 16.0. The van der Waals surface area contributed by atoms with Crippen LogP contribution in [0.25, 0.3) is 0 Å². The Morgan fingerprint density at radius 2 is 2.00 bits per heavy atom. The van der Waals surface area contributed by atoms with Gasteiger partial charge in [-0.15, -0.1) is 11.3 Å². The fourth-order valence-corrected chi connectivity index (χ4v) is 4.31. The van der Waals surface area contributed by atoms with Crippen LogP contribution >= 0.6 is 11.3 Å². The van der Waals surface area contributed by atoms with Gasteiger partial charge in [0.05, 0.1) is 11.6 Å². The highest BCUT2D eigenvalue weighted by molar-refractivity contribution is 7.09. The third kappa shape index (κ3) is 5.53. The van der Waals surface area contributed by atoms with Crippen LogP contribution in [-0.4, -0.2) is 42.0 Å². The van der Waals surface area contributed by atoms with Crippen LogP contribution in [0.2, 0.25) is 0 Å². The number of piperidine rings is 1. The molecule has 2 N–H and O–H groups in total. The van der Waals surface area contributed by atoms with E-state index in [0.29, 0.717) is 24.8 Å². The first-order valence-electron chi connectivity index (χ1n) is 9.85. The summed E-state index contributed by atoms with van der Waals surface area (Å²) in [6.07, 6.45) is 5.14. The van der Waals surface area contributed by atoms with Crippen molar-refractivity contribution < 1.29 is 9.53 Å². The van der Waals surface area contributed by atoms with Gasteiger partial charge in [0, 0.05) is 24.9 Å². The maximum absolute atomic E-state index is 12.6. The summed E-state index contributed by atoms with van der Waals surface area (Å²) in [4.78, 5) is 19.0. The summed E-state index contributed by atoms with van der Waals surface area (Å²) in [6, 6.07) is 8.41. The van der Waals surface area contributed by atoms with Gasteiger partial charge in [-0.3, -0.25) is 4.79 Å². The molecule has 146 valence electrons. The molecule has 2 aromatic rings. The molecule has 0 aliphatic carbocycles. The third-order valence-corrected chi connectivity index (χ3v) is 6.02. The predicted octanol–water partition coefficient (Wildman–Crippen LogP) is 3.53. The van der Waals surface area contributed by atoms with E-state index >= 15 is 0 Å². The lowest BCUT2D eigenvalue weighted by Crippen LogP contribution is -2.38. The van der Waals surface area contributed by atoms with Crippen molar-refractivity contribution in [2.75, 3.05) is 26.2 Å². The van der Waals surface area contributed by atoms with E-state index in [-0.39, 0.29) is 5.91 Å². The number of hydrogen-bond donors (Lipinski definition) is 1. The van der Waals surface area contributed by atoms with Gasteiger partial charge in [0.1, 0.15) is 11.4 Å². The molecule has 5 nitrogen and oxygen atoms in total. The van der Waals surface area contributed by atoms with E-state index in [1.54, 1.807) is 0 Å². The van der Waals surface area contributed by atoms with Crippen LogP contribution in [-0.2, 0) is 12.8 Å². The number of amides is 1. The molecular weight excluding hydrogens is 358 g/mol. The normalized spacial score (nSPS) is 15.1. The Kier molecular flexibility index (Phi) is 7.24. The van der Waals surface area contributed by atoms with Gasteiger partial charge in [-0.25, -0.2) is 4.98 Å². The van der Waals surface area contributed by atoms with E-state index in [2.05, 4.69) is 17.1 Å². The average molecular weight is 388 g/mol. The number of nitrogens with two attached hydrogens (primary N) is 1. The second kappa shape index (κ2) is 9.85. The summed E-state index contributed by atoms with van der Waals surface area (Å²) in [5.74, 6) is 1.69. The Bertz CT molecular complexity index is 721. The Morgan fingerprint density at radius 1 is 1.26 bits per heavy atom. The van der Waals surface area contributed by atoms with Gasteiger partial charge in [0.15, 0.2) is 0 Å². The molecule has 0 saturated carbocycles. The smallest absolute Gasteiger partial charge is 0.273 e. The zero-order valence-corrected chi connectivity index (χ0v) is 16.8. The van der Waals surface area contributed by atoms with Crippen molar-refractivity contribution in [2.24, 2.45) is 11.7 Å². The van der Waals surface area contributed by atoms with E-state index in [1.165, 1.54) is 23.3 Å². The van der Waals surface area contributed by atoms with E-state index in [0.717, 1.165) is 49.5 Å². The third-order valence-electron chi connectivity index (χ3n) is 5.11. The Morgan fingerprint density at radius 3 is 2.67 bits per heavy atom. The van der Waals surface area contributed by atoms with Crippen LogP contribution in [0.4, 0.5) is 0 Å². The minimum absolute atomic E-state index is 0.0690. The number of aromatic nitrogens is 1. The van der Waals surface area contributed by atoms with E-state index in [1.807, 2.05) is 29.3 Å². The molecule has 2 heterocycles. The summed E-state index contributed by atoms with van der Waals surface area (Å²) >= 11 is 1.53. The molecule has 0 spiro atoms. The molecule has 1 aliphatic rings. The van der Waals surface area contributed by atoms with Gasteiger partial charge in [0.2, 0.25) is 0 Å². The van der Waals surface area contributed by atoms with Gasteiger partial charge >= 0.3 is 0 Å². The Labute approximate surface area is 165 Å². The van der Waals surface area contributed by atoms with E-state index in [9.17, 15) is 4.79 Å². The van der Waals surface area contributed by atoms with Crippen LogP contribution in [0.1, 0.15) is 47.2 Å². The van der Waals surface area contributed by atoms with Gasteiger partial charge in [-0.1, -0.05) is 12.1 Å². The number of thiazole rings is 1. The molecule has 1 amide bonds. The van der Waals surface area contributed by atoms with Crippen LogP contribution in [0.5, 0.6) is 5.75 Å². The summed E-state index contributed by atoms with van der Waals surface area (Å²) in [6.45, 7) is 4.93. The molecule has 0 unspecified atom stereocenters. The quantitative estimate of drug-likeness (QED) is 0.752. The van der Waals surface area contributed by atoms with Gasteiger partial charge in [-0.2, -0.15) is 0 Å². The maximum Gasteiger partial charge on any atom is 0.273 e. The second-order valence-corrected chi connectivity index (χ2v) is 7.96. The molecule has 1 aromatic carbocycles. The predicted molar refractivity (Wildman–Crippen MR) is 109 cm³/mol.